The summed E-state index contributed by atoms with van der Waals surface area (Å²) in [5.74, 6) is 0.104. The molecular weight excluding hydrogens is 410 g/mol. The number of benzene rings is 3. The zero-order valence-corrected chi connectivity index (χ0v) is 16.7. The molecule has 4 heteroatoms. The summed E-state index contributed by atoms with van der Waals surface area (Å²) >= 11 is 9.51. The van der Waals surface area contributed by atoms with Gasteiger partial charge in [-0.05, 0) is 42.8 Å². The van der Waals surface area contributed by atoms with Crippen LogP contribution in [-0.4, -0.2) is 5.78 Å². The van der Waals surface area contributed by atoms with Crippen molar-refractivity contribution in [3.05, 3.63) is 99.0 Å². The third kappa shape index (κ3) is 4.96. The molecule has 0 spiro atoms. The van der Waals surface area contributed by atoms with Gasteiger partial charge in [-0.2, -0.15) is 0 Å². The van der Waals surface area contributed by atoms with Crippen LogP contribution >= 0.6 is 27.5 Å². The fourth-order valence-electron chi connectivity index (χ4n) is 2.77. The summed E-state index contributed by atoms with van der Waals surface area (Å²) in [5, 5.41) is 4.15. The minimum Gasteiger partial charge on any atom is -0.378 e. The number of carbonyl (C=O) groups excluding carboxylic acids is 1. The van der Waals surface area contributed by atoms with Crippen molar-refractivity contribution in [2.24, 2.45) is 0 Å². The molecule has 2 nitrogen and oxygen atoms in total. The van der Waals surface area contributed by atoms with Gasteiger partial charge in [-0.25, -0.2) is 0 Å². The summed E-state index contributed by atoms with van der Waals surface area (Å²) < 4.78 is 0.988. The predicted molar refractivity (Wildman–Crippen MR) is 112 cm³/mol. The van der Waals surface area contributed by atoms with Crippen molar-refractivity contribution in [2.45, 2.75) is 19.4 Å². The molecule has 0 aliphatic heterocycles. The van der Waals surface area contributed by atoms with Gasteiger partial charge in [-0.1, -0.05) is 75.6 Å². The molecule has 1 unspecified atom stereocenters. The largest absolute Gasteiger partial charge is 0.378 e. The Balaban J connectivity index is 1.85. The average Bonchev–Trinajstić information content (AvgIpc) is 2.62. The van der Waals surface area contributed by atoms with Crippen LogP contribution < -0.4 is 5.32 Å². The molecule has 1 atom stereocenters. The lowest BCUT2D eigenvalue weighted by molar-refractivity contribution is 0.0976. The predicted octanol–water partition coefficient (Wildman–Crippen LogP) is 6.84. The minimum atomic E-state index is -0.143. The molecule has 0 bridgehead atoms. The Hall–Kier alpha value is -2.10. The second-order valence-electron chi connectivity index (χ2n) is 6.25. The number of hydrogen-bond acceptors (Lipinski definition) is 2. The van der Waals surface area contributed by atoms with E-state index in [9.17, 15) is 4.79 Å². The Bertz CT molecular complexity index is 891. The van der Waals surface area contributed by atoms with E-state index in [1.165, 1.54) is 0 Å². The standard InChI is InChI=1S/C22H19BrClNO/c1-15-5-7-17(8-6-15)22(26)14-21(16-9-11-19(24)12-10-16)25-20-4-2-3-18(23)13-20/h2-13,21,25H,14H2,1H3. The highest BCUT2D eigenvalue weighted by Gasteiger charge is 2.17. The van der Waals surface area contributed by atoms with Gasteiger partial charge in [0.2, 0.25) is 0 Å². The molecule has 3 rings (SSSR count). The monoisotopic (exact) mass is 427 g/mol. The van der Waals surface area contributed by atoms with E-state index in [4.69, 9.17) is 11.6 Å². The van der Waals surface area contributed by atoms with Crippen LogP contribution in [0, 0.1) is 6.92 Å². The summed E-state index contributed by atoms with van der Waals surface area (Å²) in [6.45, 7) is 2.01. The second kappa shape index (κ2) is 8.52. The van der Waals surface area contributed by atoms with Crippen molar-refractivity contribution in [1.82, 2.24) is 0 Å². The van der Waals surface area contributed by atoms with E-state index in [2.05, 4.69) is 21.2 Å². The molecule has 0 saturated heterocycles. The van der Waals surface area contributed by atoms with Crippen LogP contribution in [0.25, 0.3) is 0 Å². The van der Waals surface area contributed by atoms with Crippen LogP contribution in [0.15, 0.2) is 77.3 Å². The molecule has 0 heterocycles. The number of aryl methyl sites for hydroxylation is 1. The van der Waals surface area contributed by atoms with Gasteiger partial charge in [-0.3, -0.25) is 4.79 Å². The van der Waals surface area contributed by atoms with E-state index >= 15 is 0 Å². The van der Waals surface area contributed by atoms with E-state index < -0.39 is 0 Å². The number of rotatable bonds is 6. The molecule has 3 aromatic carbocycles. The lowest BCUT2D eigenvalue weighted by Gasteiger charge is -2.20. The number of anilines is 1. The Morgan fingerprint density at radius 1 is 1.04 bits per heavy atom. The lowest BCUT2D eigenvalue weighted by Crippen LogP contribution is -2.16. The highest BCUT2D eigenvalue weighted by Crippen LogP contribution is 2.27. The zero-order chi connectivity index (χ0) is 18.5. The van der Waals surface area contributed by atoms with E-state index in [0.29, 0.717) is 11.4 Å². The topological polar surface area (TPSA) is 29.1 Å². The fourth-order valence-corrected chi connectivity index (χ4v) is 3.29. The Labute approximate surface area is 167 Å². The van der Waals surface area contributed by atoms with Crippen LogP contribution in [0.3, 0.4) is 0 Å². The van der Waals surface area contributed by atoms with Crippen LogP contribution in [0.2, 0.25) is 5.02 Å². The van der Waals surface area contributed by atoms with Crippen molar-refractivity contribution in [3.8, 4) is 0 Å². The van der Waals surface area contributed by atoms with Crippen molar-refractivity contribution in [1.29, 1.82) is 0 Å². The first-order valence-electron chi connectivity index (χ1n) is 8.39. The number of carbonyl (C=O) groups is 1. The number of nitrogens with one attached hydrogen (secondary N) is 1. The molecule has 0 saturated carbocycles. The normalized spacial score (nSPS) is 11.8. The first kappa shape index (κ1) is 18.7. The smallest absolute Gasteiger partial charge is 0.165 e. The first-order chi connectivity index (χ1) is 12.5. The Morgan fingerprint density at radius 2 is 1.73 bits per heavy atom. The first-order valence-corrected chi connectivity index (χ1v) is 9.56. The van der Waals surface area contributed by atoms with Gasteiger partial charge in [0.15, 0.2) is 5.78 Å². The number of hydrogen-bond donors (Lipinski definition) is 1. The summed E-state index contributed by atoms with van der Waals surface area (Å²) in [5.41, 5.74) is 3.85. The molecule has 1 N–H and O–H groups in total. The molecule has 0 aromatic heterocycles. The van der Waals surface area contributed by atoms with Gasteiger partial charge in [-0.15, -0.1) is 0 Å². The highest BCUT2D eigenvalue weighted by atomic mass is 79.9. The maximum atomic E-state index is 12.8. The SMILES string of the molecule is Cc1ccc(C(=O)CC(Nc2cccc(Br)c2)c2ccc(Cl)cc2)cc1. The van der Waals surface area contributed by atoms with E-state index in [1.807, 2.05) is 79.7 Å². The minimum absolute atomic E-state index is 0.104. The van der Waals surface area contributed by atoms with Gasteiger partial charge in [0.25, 0.3) is 0 Å². The van der Waals surface area contributed by atoms with Crippen molar-refractivity contribution < 1.29 is 4.79 Å². The van der Waals surface area contributed by atoms with Crippen molar-refractivity contribution in [2.75, 3.05) is 5.32 Å². The molecule has 0 aliphatic rings. The van der Waals surface area contributed by atoms with Crippen molar-refractivity contribution >= 4 is 39.0 Å². The molecule has 0 radical (unpaired) electrons. The summed E-state index contributed by atoms with van der Waals surface area (Å²) in [6, 6.07) is 23.1. The third-order valence-electron chi connectivity index (χ3n) is 4.20. The molecule has 132 valence electrons. The zero-order valence-electron chi connectivity index (χ0n) is 14.4. The lowest BCUT2D eigenvalue weighted by atomic mass is 9.97. The molecular formula is C22H19BrClNO. The van der Waals surface area contributed by atoms with Gasteiger partial charge in [0.1, 0.15) is 0 Å². The fraction of sp³-hybridized carbons (Fsp3) is 0.136. The average molecular weight is 429 g/mol. The quantitative estimate of drug-likeness (QED) is 0.436. The van der Waals surface area contributed by atoms with E-state index in [0.717, 1.165) is 26.9 Å². The molecule has 0 aliphatic carbocycles. The van der Waals surface area contributed by atoms with Crippen LogP contribution in [0.1, 0.15) is 33.9 Å². The molecule has 3 aromatic rings. The number of ketones is 1. The third-order valence-corrected chi connectivity index (χ3v) is 4.95. The molecule has 26 heavy (non-hydrogen) atoms. The van der Waals surface area contributed by atoms with Gasteiger partial charge >= 0.3 is 0 Å². The van der Waals surface area contributed by atoms with Crippen LogP contribution in [-0.2, 0) is 0 Å². The van der Waals surface area contributed by atoms with Crippen LogP contribution in [0.4, 0.5) is 5.69 Å². The van der Waals surface area contributed by atoms with E-state index in [1.54, 1.807) is 0 Å². The highest BCUT2D eigenvalue weighted by molar-refractivity contribution is 9.10. The van der Waals surface area contributed by atoms with Crippen molar-refractivity contribution in [3.63, 3.8) is 0 Å². The number of halogens is 2. The van der Waals surface area contributed by atoms with Gasteiger partial charge in [0.05, 0.1) is 6.04 Å². The summed E-state index contributed by atoms with van der Waals surface area (Å²) in [7, 11) is 0. The maximum absolute atomic E-state index is 12.8. The number of Topliss-reactive ketones (excluding diaryl/α,β-unsaturated/α-hetero) is 1. The van der Waals surface area contributed by atoms with Gasteiger partial charge < -0.3 is 5.32 Å². The van der Waals surface area contributed by atoms with Gasteiger partial charge in [0, 0.05) is 27.2 Å². The maximum Gasteiger partial charge on any atom is 0.165 e. The summed E-state index contributed by atoms with van der Waals surface area (Å²) in [4.78, 5) is 12.8. The second-order valence-corrected chi connectivity index (χ2v) is 7.60. The Kier molecular flexibility index (Phi) is 6.12. The summed E-state index contributed by atoms with van der Waals surface area (Å²) in [6.07, 6.45) is 0.358. The molecule has 0 amide bonds. The van der Waals surface area contributed by atoms with E-state index in [-0.39, 0.29) is 11.8 Å². The van der Waals surface area contributed by atoms with Crippen LogP contribution in [0.5, 0.6) is 0 Å². The Morgan fingerprint density at radius 3 is 2.38 bits per heavy atom. The molecule has 0 fully saturated rings.